The number of nitrogens with zero attached hydrogens (tertiary/aromatic N) is 4. The van der Waals surface area contributed by atoms with E-state index in [0.717, 1.165) is 18.8 Å². The van der Waals surface area contributed by atoms with Gasteiger partial charge < -0.3 is 10.2 Å². The Balaban J connectivity index is 2.01. The number of nitrogens with one attached hydrogen (secondary N) is 1. The minimum Gasteiger partial charge on any atom is -0.336 e. The van der Waals surface area contributed by atoms with Gasteiger partial charge in [0.15, 0.2) is 0 Å². The van der Waals surface area contributed by atoms with Gasteiger partial charge in [0, 0.05) is 26.3 Å². The molecule has 2 heterocycles. The molecule has 6 heteroatoms. The van der Waals surface area contributed by atoms with Gasteiger partial charge in [0.05, 0.1) is 6.54 Å². The summed E-state index contributed by atoms with van der Waals surface area (Å²) in [5.41, 5.74) is 0.819. The molecule has 0 aliphatic carbocycles. The van der Waals surface area contributed by atoms with E-state index in [2.05, 4.69) is 15.6 Å². The van der Waals surface area contributed by atoms with Crippen LogP contribution in [-0.2, 0) is 13.6 Å². The second-order valence-corrected chi connectivity index (χ2v) is 3.04. The highest BCUT2D eigenvalue weighted by Crippen LogP contribution is 2.03. The largest absolute Gasteiger partial charge is 0.336 e. The summed E-state index contributed by atoms with van der Waals surface area (Å²) in [4.78, 5) is 12.9. The van der Waals surface area contributed by atoms with Crippen LogP contribution in [0.15, 0.2) is 6.20 Å². The summed E-state index contributed by atoms with van der Waals surface area (Å²) in [6, 6.07) is -0.0225. The highest BCUT2D eigenvalue weighted by Gasteiger charge is 2.20. The molecule has 0 radical (unpaired) electrons. The Hall–Kier alpha value is -1.59. The van der Waals surface area contributed by atoms with E-state index in [1.54, 1.807) is 16.6 Å². The lowest BCUT2D eigenvalue weighted by Gasteiger charge is -2.10. The zero-order chi connectivity index (χ0) is 9.26. The average molecular weight is 181 g/mol. The van der Waals surface area contributed by atoms with Crippen molar-refractivity contribution in [3.63, 3.8) is 0 Å². The van der Waals surface area contributed by atoms with Gasteiger partial charge in [-0.15, -0.1) is 5.10 Å². The van der Waals surface area contributed by atoms with Crippen molar-refractivity contribution in [1.82, 2.24) is 25.2 Å². The summed E-state index contributed by atoms with van der Waals surface area (Å²) in [5.74, 6) is 0. The molecule has 6 nitrogen and oxygen atoms in total. The van der Waals surface area contributed by atoms with Gasteiger partial charge in [0.25, 0.3) is 0 Å². The molecule has 2 rings (SSSR count). The van der Waals surface area contributed by atoms with E-state index in [4.69, 9.17) is 0 Å². The monoisotopic (exact) mass is 181 g/mol. The highest BCUT2D eigenvalue weighted by molar-refractivity contribution is 5.76. The Morgan fingerprint density at radius 3 is 3.08 bits per heavy atom. The predicted octanol–water partition coefficient (Wildman–Crippen LogP) is -0.660. The minimum absolute atomic E-state index is 0.0225. The molecule has 0 atom stereocenters. The summed E-state index contributed by atoms with van der Waals surface area (Å²) >= 11 is 0. The number of rotatable bonds is 2. The van der Waals surface area contributed by atoms with E-state index >= 15 is 0 Å². The molecule has 1 aromatic heterocycles. The SMILES string of the molecule is Cn1cc(CN2CCNC2=O)nn1. The fourth-order valence-corrected chi connectivity index (χ4v) is 1.33. The van der Waals surface area contributed by atoms with Crippen LogP contribution < -0.4 is 5.32 Å². The normalized spacial score (nSPS) is 16.4. The number of urea groups is 1. The third-order valence-corrected chi connectivity index (χ3v) is 1.95. The number of aryl methyl sites for hydroxylation is 1. The first-order valence-corrected chi connectivity index (χ1v) is 4.13. The van der Waals surface area contributed by atoms with Crippen LogP contribution in [0, 0.1) is 0 Å². The molecule has 1 N–H and O–H groups in total. The van der Waals surface area contributed by atoms with Gasteiger partial charge in [0.1, 0.15) is 5.69 Å². The zero-order valence-corrected chi connectivity index (χ0v) is 7.40. The van der Waals surface area contributed by atoms with Crippen LogP contribution in [0.3, 0.4) is 0 Å². The van der Waals surface area contributed by atoms with Crippen molar-refractivity contribution in [2.24, 2.45) is 7.05 Å². The van der Waals surface area contributed by atoms with Gasteiger partial charge in [0.2, 0.25) is 0 Å². The Morgan fingerprint density at radius 1 is 1.69 bits per heavy atom. The Morgan fingerprint density at radius 2 is 2.54 bits per heavy atom. The first-order valence-electron chi connectivity index (χ1n) is 4.13. The Bertz CT molecular complexity index is 320. The van der Waals surface area contributed by atoms with Gasteiger partial charge in [-0.1, -0.05) is 5.21 Å². The van der Waals surface area contributed by atoms with Crippen LogP contribution in [0.1, 0.15) is 5.69 Å². The van der Waals surface area contributed by atoms with Gasteiger partial charge in [-0.25, -0.2) is 4.79 Å². The number of hydrogen-bond donors (Lipinski definition) is 1. The predicted molar refractivity (Wildman–Crippen MR) is 44.8 cm³/mol. The molecule has 0 bridgehead atoms. The molecule has 13 heavy (non-hydrogen) atoms. The quantitative estimate of drug-likeness (QED) is 0.658. The van der Waals surface area contributed by atoms with Crippen molar-refractivity contribution in [2.45, 2.75) is 6.54 Å². The maximum absolute atomic E-state index is 11.1. The molecule has 0 unspecified atom stereocenters. The van der Waals surface area contributed by atoms with Crippen LogP contribution >= 0.6 is 0 Å². The molecular formula is C7H11N5O. The molecule has 0 spiro atoms. The van der Waals surface area contributed by atoms with Crippen LogP contribution in [0.4, 0.5) is 4.79 Å². The van der Waals surface area contributed by atoms with Gasteiger partial charge >= 0.3 is 6.03 Å². The van der Waals surface area contributed by atoms with Gasteiger partial charge in [-0.3, -0.25) is 4.68 Å². The lowest BCUT2D eigenvalue weighted by molar-refractivity contribution is 0.215. The summed E-state index contributed by atoms with van der Waals surface area (Å²) < 4.78 is 1.63. The molecule has 2 amide bonds. The van der Waals surface area contributed by atoms with E-state index < -0.39 is 0 Å². The average Bonchev–Trinajstić information content (AvgIpc) is 2.64. The first-order chi connectivity index (χ1) is 6.25. The molecule has 0 saturated carbocycles. The van der Waals surface area contributed by atoms with Crippen LogP contribution in [-0.4, -0.2) is 39.0 Å². The van der Waals surface area contributed by atoms with Crippen LogP contribution in [0.2, 0.25) is 0 Å². The standard InChI is InChI=1S/C7H11N5O/c1-11-4-6(9-10-11)5-12-3-2-8-7(12)13/h4H,2-3,5H2,1H3,(H,8,13). The van der Waals surface area contributed by atoms with E-state index in [0.29, 0.717) is 6.54 Å². The third-order valence-electron chi connectivity index (χ3n) is 1.95. The molecule has 1 aromatic rings. The topological polar surface area (TPSA) is 63.0 Å². The second kappa shape index (κ2) is 3.04. The first kappa shape index (κ1) is 8.03. The molecule has 1 fully saturated rings. The zero-order valence-electron chi connectivity index (χ0n) is 7.40. The smallest absolute Gasteiger partial charge is 0.317 e. The molecule has 1 saturated heterocycles. The van der Waals surface area contributed by atoms with Crippen molar-refractivity contribution < 1.29 is 4.79 Å². The molecule has 70 valence electrons. The van der Waals surface area contributed by atoms with Crippen LogP contribution in [0.5, 0.6) is 0 Å². The molecule has 0 aromatic carbocycles. The number of hydrogen-bond acceptors (Lipinski definition) is 3. The summed E-state index contributed by atoms with van der Waals surface area (Å²) in [6.45, 7) is 2.01. The van der Waals surface area contributed by atoms with E-state index in [1.807, 2.05) is 6.20 Å². The van der Waals surface area contributed by atoms with Crippen molar-refractivity contribution in [3.8, 4) is 0 Å². The van der Waals surface area contributed by atoms with Gasteiger partial charge in [-0.05, 0) is 0 Å². The Labute approximate surface area is 75.5 Å². The summed E-state index contributed by atoms with van der Waals surface area (Å²) in [6.07, 6.45) is 1.81. The number of carbonyl (C=O) groups excluding carboxylic acids is 1. The maximum atomic E-state index is 11.1. The number of carbonyl (C=O) groups is 1. The van der Waals surface area contributed by atoms with Gasteiger partial charge in [-0.2, -0.15) is 0 Å². The highest BCUT2D eigenvalue weighted by atomic mass is 16.2. The van der Waals surface area contributed by atoms with Crippen molar-refractivity contribution >= 4 is 6.03 Å². The van der Waals surface area contributed by atoms with E-state index in [9.17, 15) is 4.79 Å². The van der Waals surface area contributed by atoms with Crippen molar-refractivity contribution in [2.75, 3.05) is 13.1 Å². The summed E-state index contributed by atoms with van der Waals surface area (Å²) in [5, 5.41) is 10.4. The van der Waals surface area contributed by atoms with Crippen LogP contribution in [0.25, 0.3) is 0 Å². The minimum atomic E-state index is -0.0225. The maximum Gasteiger partial charge on any atom is 0.317 e. The van der Waals surface area contributed by atoms with E-state index in [1.165, 1.54) is 0 Å². The second-order valence-electron chi connectivity index (χ2n) is 3.04. The fourth-order valence-electron chi connectivity index (χ4n) is 1.33. The molecule has 1 aliphatic heterocycles. The molecule has 1 aliphatic rings. The number of amides is 2. The van der Waals surface area contributed by atoms with E-state index in [-0.39, 0.29) is 6.03 Å². The molecular weight excluding hydrogens is 170 g/mol. The van der Waals surface area contributed by atoms with Crippen molar-refractivity contribution in [1.29, 1.82) is 0 Å². The Kier molecular flexibility index (Phi) is 1.88. The van der Waals surface area contributed by atoms with Crippen molar-refractivity contribution in [3.05, 3.63) is 11.9 Å². The number of aromatic nitrogens is 3. The lowest BCUT2D eigenvalue weighted by Crippen LogP contribution is -2.27. The fraction of sp³-hybridized carbons (Fsp3) is 0.571. The third kappa shape index (κ3) is 1.61. The lowest BCUT2D eigenvalue weighted by atomic mass is 10.4. The summed E-state index contributed by atoms with van der Waals surface area (Å²) in [7, 11) is 1.81.